The summed E-state index contributed by atoms with van der Waals surface area (Å²) in [5.74, 6) is 0.100. The molecule has 8 heteroatoms. The van der Waals surface area contributed by atoms with Crippen LogP contribution in [0.3, 0.4) is 0 Å². The number of halogens is 1. The van der Waals surface area contributed by atoms with Crippen molar-refractivity contribution in [2.24, 2.45) is 5.41 Å². The van der Waals surface area contributed by atoms with E-state index in [1.807, 2.05) is 20.8 Å². The van der Waals surface area contributed by atoms with Crippen molar-refractivity contribution >= 4 is 43.2 Å². The van der Waals surface area contributed by atoms with Gasteiger partial charge in [-0.1, -0.05) is 20.8 Å². The van der Waals surface area contributed by atoms with Crippen molar-refractivity contribution < 1.29 is 13.2 Å². The number of amides is 1. The number of carbonyl (C=O) groups is 1. The van der Waals surface area contributed by atoms with Crippen LogP contribution < -0.4 is 0 Å². The highest BCUT2D eigenvalue weighted by Gasteiger charge is 2.31. The van der Waals surface area contributed by atoms with Crippen LogP contribution in [0.1, 0.15) is 27.2 Å². The van der Waals surface area contributed by atoms with Crippen molar-refractivity contribution in [2.45, 2.75) is 31.4 Å². The van der Waals surface area contributed by atoms with Crippen LogP contribution in [0.25, 0.3) is 0 Å². The van der Waals surface area contributed by atoms with Gasteiger partial charge in [0.2, 0.25) is 5.91 Å². The Bertz CT molecular complexity index is 641. The first-order valence-electron chi connectivity index (χ1n) is 7.13. The van der Waals surface area contributed by atoms with Crippen molar-refractivity contribution in [2.75, 3.05) is 26.2 Å². The Hall–Kier alpha value is -0.440. The van der Waals surface area contributed by atoms with Crippen LogP contribution in [0, 0.1) is 5.41 Å². The molecule has 124 valence electrons. The summed E-state index contributed by atoms with van der Waals surface area (Å²) in [4.78, 5) is 14.0. The van der Waals surface area contributed by atoms with Gasteiger partial charge in [0.1, 0.15) is 4.21 Å². The Kier molecular flexibility index (Phi) is 5.36. The normalized spacial score (nSPS) is 17.7. The molecule has 0 radical (unpaired) electrons. The van der Waals surface area contributed by atoms with Gasteiger partial charge in [-0.25, -0.2) is 8.42 Å². The fourth-order valence-electron chi connectivity index (χ4n) is 2.31. The Balaban J connectivity index is 1.99. The third-order valence-corrected chi connectivity index (χ3v) is 7.41. The summed E-state index contributed by atoms with van der Waals surface area (Å²) in [6.07, 6.45) is 0.484. The minimum absolute atomic E-state index is 0.0520. The van der Waals surface area contributed by atoms with Crippen molar-refractivity contribution in [3.63, 3.8) is 0 Å². The summed E-state index contributed by atoms with van der Waals surface area (Å²) in [5, 5.41) is 0. The second-order valence-corrected chi connectivity index (χ2v) is 11.2. The van der Waals surface area contributed by atoms with Crippen molar-refractivity contribution in [1.82, 2.24) is 9.21 Å². The zero-order chi connectivity index (χ0) is 16.5. The van der Waals surface area contributed by atoms with Crippen LogP contribution in [-0.2, 0) is 14.8 Å². The van der Waals surface area contributed by atoms with E-state index in [1.165, 1.54) is 15.6 Å². The molecular weight excluding hydrogens is 388 g/mol. The fraction of sp³-hybridized carbons (Fsp3) is 0.643. The van der Waals surface area contributed by atoms with Crippen molar-refractivity contribution in [3.05, 3.63) is 15.9 Å². The summed E-state index contributed by atoms with van der Waals surface area (Å²) in [5.41, 5.74) is -0.0520. The molecule has 2 rings (SSSR count). The lowest BCUT2D eigenvalue weighted by Gasteiger charge is -2.35. The standard InChI is InChI=1S/C14H21BrN2O3S2/c1-14(2,3)10-12(18)16-6-8-17(9-7-16)22(19,20)13-5-4-11(15)21-13/h4-5H,6-10H2,1-3H3. The molecule has 22 heavy (non-hydrogen) atoms. The summed E-state index contributed by atoms with van der Waals surface area (Å²) in [6, 6.07) is 3.35. The van der Waals surface area contributed by atoms with Crippen LogP contribution in [0.4, 0.5) is 0 Å². The molecule has 1 aliphatic rings. The lowest BCUT2D eigenvalue weighted by atomic mass is 9.91. The van der Waals surface area contributed by atoms with Crippen LogP contribution in [0.2, 0.25) is 0 Å². The largest absolute Gasteiger partial charge is 0.340 e. The molecule has 0 unspecified atom stereocenters. The first-order chi connectivity index (χ1) is 10.1. The minimum Gasteiger partial charge on any atom is -0.340 e. The molecule has 0 bridgehead atoms. The molecular formula is C14H21BrN2O3S2. The van der Waals surface area contributed by atoms with Crippen LogP contribution >= 0.6 is 27.3 Å². The van der Waals surface area contributed by atoms with Crippen LogP contribution in [0.5, 0.6) is 0 Å². The Morgan fingerprint density at radius 2 is 1.82 bits per heavy atom. The Morgan fingerprint density at radius 3 is 2.27 bits per heavy atom. The maximum absolute atomic E-state index is 12.5. The highest BCUT2D eigenvalue weighted by Crippen LogP contribution is 2.29. The molecule has 0 N–H and O–H groups in total. The quantitative estimate of drug-likeness (QED) is 0.772. The predicted molar refractivity (Wildman–Crippen MR) is 91.4 cm³/mol. The van der Waals surface area contributed by atoms with Gasteiger partial charge in [0.25, 0.3) is 10.0 Å². The summed E-state index contributed by atoms with van der Waals surface area (Å²) in [7, 11) is -3.44. The Labute approximate surface area is 144 Å². The lowest BCUT2D eigenvalue weighted by molar-refractivity contribution is -0.134. The molecule has 0 aliphatic carbocycles. The van der Waals surface area contributed by atoms with Gasteiger partial charge in [0.15, 0.2) is 0 Å². The number of piperazine rings is 1. The molecule has 1 fully saturated rings. The third-order valence-electron chi connectivity index (χ3n) is 3.42. The van der Waals surface area contributed by atoms with Gasteiger partial charge in [-0.05, 0) is 33.5 Å². The topological polar surface area (TPSA) is 57.7 Å². The van der Waals surface area contributed by atoms with Crippen molar-refractivity contribution in [1.29, 1.82) is 0 Å². The molecule has 1 saturated heterocycles. The third kappa shape index (κ3) is 4.31. The molecule has 0 aromatic carbocycles. The second-order valence-electron chi connectivity index (χ2n) is 6.58. The monoisotopic (exact) mass is 408 g/mol. The van der Waals surface area contributed by atoms with Crippen LogP contribution in [-0.4, -0.2) is 49.7 Å². The molecule has 0 atom stereocenters. The molecule has 1 aromatic rings. The summed E-state index contributed by atoms with van der Waals surface area (Å²) >= 11 is 4.50. The SMILES string of the molecule is CC(C)(C)CC(=O)N1CCN(S(=O)(=O)c2ccc(Br)s2)CC1. The number of hydrogen-bond donors (Lipinski definition) is 0. The van der Waals surface area contributed by atoms with E-state index in [4.69, 9.17) is 0 Å². The van der Waals surface area contributed by atoms with Gasteiger partial charge >= 0.3 is 0 Å². The van der Waals surface area contributed by atoms with E-state index in [1.54, 1.807) is 17.0 Å². The molecule has 1 amide bonds. The first kappa shape index (κ1) is 17.9. The zero-order valence-corrected chi connectivity index (χ0v) is 16.2. The molecule has 2 heterocycles. The molecule has 0 spiro atoms. The number of rotatable bonds is 3. The van der Waals surface area contributed by atoms with Gasteiger partial charge in [0, 0.05) is 32.6 Å². The highest BCUT2D eigenvalue weighted by molar-refractivity contribution is 9.11. The minimum atomic E-state index is -3.44. The molecule has 1 aromatic heterocycles. The van der Waals surface area contributed by atoms with E-state index in [-0.39, 0.29) is 11.3 Å². The number of hydrogen-bond acceptors (Lipinski definition) is 4. The van der Waals surface area contributed by atoms with Gasteiger partial charge in [-0.3, -0.25) is 4.79 Å². The van der Waals surface area contributed by atoms with E-state index in [0.29, 0.717) is 36.8 Å². The molecule has 0 saturated carbocycles. The number of thiophene rings is 1. The van der Waals surface area contributed by atoms with E-state index < -0.39 is 10.0 Å². The summed E-state index contributed by atoms with van der Waals surface area (Å²) in [6.45, 7) is 7.71. The van der Waals surface area contributed by atoms with Gasteiger partial charge < -0.3 is 4.90 Å². The number of sulfonamides is 1. The lowest BCUT2D eigenvalue weighted by Crippen LogP contribution is -2.50. The molecule has 1 aliphatic heterocycles. The first-order valence-corrected chi connectivity index (χ1v) is 10.2. The van der Waals surface area contributed by atoms with Gasteiger partial charge in [-0.15, -0.1) is 11.3 Å². The average molecular weight is 409 g/mol. The highest BCUT2D eigenvalue weighted by atomic mass is 79.9. The number of carbonyl (C=O) groups excluding carboxylic acids is 1. The maximum atomic E-state index is 12.5. The average Bonchev–Trinajstić information content (AvgIpc) is 2.84. The molecule has 5 nitrogen and oxygen atoms in total. The van der Waals surface area contributed by atoms with E-state index in [0.717, 1.165) is 3.79 Å². The summed E-state index contributed by atoms with van der Waals surface area (Å²) < 4.78 is 27.6. The van der Waals surface area contributed by atoms with Gasteiger partial charge in [-0.2, -0.15) is 4.31 Å². The Morgan fingerprint density at radius 1 is 1.23 bits per heavy atom. The fourth-order valence-corrected chi connectivity index (χ4v) is 5.89. The van der Waals surface area contributed by atoms with Crippen LogP contribution in [0.15, 0.2) is 20.1 Å². The smallest absolute Gasteiger partial charge is 0.252 e. The van der Waals surface area contributed by atoms with E-state index in [9.17, 15) is 13.2 Å². The van der Waals surface area contributed by atoms with Gasteiger partial charge in [0.05, 0.1) is 3.79 Å². The zero-order valence-electron chi connectivity index (χ0n) is 13.0. The van der Waals surface area contributed by atoms with E-state index in [2.05, 4.69) is 15.9 Å². The predicted octanol–water partition coefficient (Wildman–Crippen LogP) is 2.78. The number of nitrogens with zero attached hydrogens (tertiary/aromatic N) is 2. The second kappa shape index (κ2) is 6.59. The van der Waals surface area contributed by atoms with Crippen molar-refractivity contribution in [3.8, 4) is 0 Å². The maximum Gasteiger partial charge on any atom is 0.252 e. The van der Waals surface area contributed by atoms with E-state index >= 15 is 0 Å².